The number of pyridine rings is 1. The van der Waals surface area contributed by atoms with Crippen molar-refractivity contribution in [2.75, 3.05) is 13.2 Å². The summed E-state index contributed by atoms with van der Waals surface area (Å²) in [5.41, 5.74) is 6.91. The van der Waals surface area contributed by atoms with Crippen molar-refractivity contribution in [3.8, 4) is 5.88 Å². The lowest BCUT2D eigenvalue weighted by atomic mass is 9.80. The van der Waals surface area contributed by atoms with Gasteiger partial charge in [-0.25, -0.2) is 4.98 Å². The van der Waals surface area contributed by atoms with Crippen molar-refractivity contribution in [1.29, 1.82) is 0 Å². The number of aromatic nitrogens is 1. The highest BCUT2D eigenvalue weighted by molar-refractivity contribution is 9.10. The highest BCUT2D eigenvalue weighted by atomic mass is 79.9. The van der Waals surface area contributed by atoms with Gasteiger partial charge in [0.05, 0.1) is 6.61 Å². The molecule has 2 atom stereocenters. The molecule has 2 rings (SSSR count). The summed E-state index contributed by atoms with van der Waals surface area (Å²) in [4.78, 5) is 4.31. The first-order valence-electron chi connectivity index (χ1n) is 6.65. The van der Waals surface area contributed by atoms with Gasteiger partial charge in [0, 0.05) is 16.2 Å². The zero-order chi connectivity index (χ0) is 13.0. The predicted molar refractivity (Wildman–Crippen MR) is 76.7 cm³/mol. The van der Waals surface area contributed by atoms with Crippen LogP contribution in [0.1, 0.15) is 31.2 Å². The van der Waals surface area contributed by atoms with Crippen LogP contribution in [0.5, 0.6) is 5.88 Å². The Kier molecular flexibility index (Phi) is 5.01. The van der Waals surface area contributed by atoms with E-state index in [0.717, 1.165) is 29.1 Å². The van der Waals surface area contributed by atoms with E-state index >= 15 is 0 Å². The third-order valence-corrected chi connectivity index (χ3v) is 4.23. The molecule has 0 bridgehead atoms. The van der Waals surface area contributed by atoms with Gasteiger partial charge in [0.15, 0.2) is 0 Å². The van der Waals surface area contributed by atoms with Gasteiger partial charge >= 0.3 is 0 Å². The van der Waals surface area contributed by atoms with Gasteiger partial charge in [-0.2, -0.15) is 0 Å². The van der Waals surface area contributed by atoms with Gasteiger partial charge in [0.1, 0.15) is 0 Å². The Hall–Kier alpha value is -0.610. The fourth-order valence-corrected chi connectivity index (χ4v) is 3.12. The van der Waals surface area contributed by atoms with Crippen molar-refractivity contribution >= 4 is 15.9 Å². The second-order valence-electron chi connectivity index (χ2n) is 5.13. The zero-order valence-corrected chi connectivity index (χ0v) is 12.4. The first kappa shape index (κ1) is 13.8. The number of ether oxygens (including phenoxy) is 1. The van der Waals surface area contributed by atoms with E-state index in [1.165, 1.54) is 25.7 Å². The van der Waals surface area contributed by atoms with E-state index in [1.807, 2.05) is 13.0 Å². The number of aryl methyl sites for hydroxylation is 1. The molecule has 1 aromatic rings. The molecule has 0 amide bonds. The summed E-state index contributed by atoms with van der Waals surface area (Å²) in [7, 11) is 0. The topological polar surface area (TPSA) is 48.1 Å². The molecule has 3 nitrogen and oxygen atoms in total. The summed E-state index contributed by atoms with van der Waals surface area (Å²) in [6, 6.07) is 2.03. The SMILES string of the molecule is Cc1cc(Br)cnc1OCC1CCCCC1CN. The highest BCUT2D eigenvalue weighted by Crippen LogP contribution is 2.30. The third kappa shape index (κ3) is 3.45. The molecule has 1 saturated carbocycles. The van der Waals surface area contributed by atoms with E-state index in [2.05, 4.69) is 20.9 Å². The van der Waals surface area contributed by atoms with Crippen LogP contribution >= 0.6 is 15.9 Å². The molecule has 2 N–H and O–H groups in total. The lowest BCUT2D eigenvalue weighted by Crippen LogP contribution is -2.30. The van der Waals surface area contributed by atoms with Crippen LogP contribution in [-0.4, -0.2) is 18.1 Å². The predicted octanol–water partition coefficient (Wildman–Crippen LogP) is 3.30. The normalized spacial score (nSPS) is 23.9. The van der Waals surface area contributed by atoms with Crippen molar-refractivity contribution in [3.63, 3.8) is 0 Å². The van der Waals surface area contributed by atoms with E-state index < -0.39 is 0 Å². The summed E-state index contributed by atoms with van der Waals surface area (Å²) in [5, 5.41) is 0. The minimum Gasteiger partial charge on any atom is -0.477 e. The Balaban J connectivity index is 1.93. The summed E-state index contributed by atoms with van der Waals surface area (Å²) >= 11 is 3.41. The Bertz CT molecular complexity index is 397. The van der Waals surface area contributed by atoms with Crippen LogP contribution in [0.25, 0.3) is 0 Å². The summed E-state index contributed by atoms with van der Waals surface area (Å²) < 4.78 is 6.87. The van der Waals surface area contributed by atoms with Crippen LogP contribution in [0.3, 0.4) is 0 Å². The molecule has 0 spiro atoms. The lowest BCUT2D eigenvalue weighted by molar-refractivity contribution is 0.149. The van der Waals surface area contributed by atoms with Gasteiger partial charge in [0.2, 0.25) is 5.88 Å². The van der Waals surface area contributed by atoms with E-state index in [-0.39, 0.29) is 0 Å². The second-order valence-corrected chi connectivity index (χ2v) is 6.04. The smallest absolute Gasteiger partial charge is 0.216 e. The zero-order valence-electron chi connectivity index (χ0n) is 10.9. The molecule has 0 radical (unpaired) electrons. The van der Waals surface area contributed by atoms with Crippen molar-refractivity contribution in [1.82, 2.24) is 4.98 Å². The molecule has 1 aliphatic carbocycles. The first-order valence-corrected chi connectivity index (χ1v) is 7.45. The maximum absolute atomic E-state index is 5.88. The Morgan fingerprint density at radius 3 is 2.78 bits per heavy atom. The van der Waals surface area contributed by atoms with Crippen LogP contribution in [-0.2, 0) is 0 Å². The van der Waals surface area contributed by atoms with Crippen LogP contribution in [0.4, 0.5) is 0 Å². The number of rotatable bonds is 4. The average Bonchev–Trinajstić information content (AvgIpc) is 2.38. The van der Waals surface area contributed by atoms with Crippen LogP contribution < -0.4 is 10.5 Å². The molecule has 1 aliphatic rings. The number of hydrogen-bond donors (Lipinski definition) is 1. The average molecular weight is 313 g/mol. The van der Waals surface area contributed by atoms with Crippen LogP contribution in [0.2, 0.25) is 0 Å². The lowest BCUT2D eigenvalue weighted by Gasteiger charge is -2.30. The molecule has 4 heteroatoms. The highest BCUT2D eigenvalue weighted by Gasteiger charge is 2.24. The van der Waals surface area contributed by atoms with E-state index in [0.29, 0.717) is 11.8 Å². The molecule has 1 fully saturated rings. The standard InChI is InChI=1S/C14H21BrN2O/c1-10-6-13(15)8-17-14(10)18-9-12-5-3-2-4-11(12)7-16/h6,8,11-12H,2-5,7,9,16H2,1H3. The fraction of sp³-hybridized carbons (Fsp3) is 0.643. The molecule has 0 aromatic carbocycles. The molecule has 0 aliphatic heterocycles. The van der Waals surface area contributed by atoms with Crippen molar-refractivity contribution in [2.45, 2.75) is 32.6 Å². The summed E-state index contributed by atoms with van der Waals surface area (Å²) in [5.74, 6) is 1.96. The van der Waals surface area contributed by atoms with E-state index in [1.54, 1.807) is 6.20 Å². The Morgan fingerprint density at radius 2 is 2.11 bits per heavy atom. The van der Waals surface area contributed by atoms with Gasteiger partial charge in [-0.3, -0.25) is 0 Å². The number of halogens is 1. The molecular weight excluding hydrogens is 292 g/mol. The van der Waals surface area contributed by atoms with Crippen molar-refractivity contribution in [2.24, 2.45) is 17.6 Å². The number of hydrogen-bond acceptors (Lipinski definition) is 3. The summed E-state index contributed by atoms with van der Waals surface area (Å²) in [6.07, 6.45) is 6.88. The van der Waals surface area contributed by atoms with E-state index in [9.17, 15) is 0 Å². The minimum atomic E-state index is 0.591. The number of nitrogens with two attached hydrogens (primary N) is 1. The van der Waals surface area contributed by atoms with E-state index in [4.69, 9.17) is 10.5 Å². The largest absolute Gasteiger partial charge is 0.477 e. The Labute approximate surface area is 117 Å². The molecule has 2 unspecified atom stereocenters. The maximum atomic E-state index is 5.88. The van der Waals surface area contributed by atoms with Gasteiger partial charge in [-0.05, 0) is 60.1 Å². The minimum absolute atomic E-state index is 0.591. The number of nitrogens with zero attached hydrogens (tertiary/aromatic N) is 1. The van der Waals surface area contributed by atoms with Gasteiger partial charge in [-0.15, -0.1) is 0 Å². The molecule has 1 heterocycles. The summed E-state index contributed by atoms with van der Waals surface area (Å²) in [6.45, 7) is 3.55. The van der Waals surface area contributed by atoms with Gasteiger partial charge in [-0.1, -0.05) is 12.8 Å². The first-order chi connectivity index (χ1) is 8.70. The molecule has 0 saturated heterocycles. The van der Waals surface area contributed by atoms with Gasteiger partial charge < -0.3 is 10.5 Å². The molecular formula is C14H21BrN2O. The van der Waals surface area contributed by atoms with Crippen LogP contribution in [0.15, 0.2) is 16.7 Å². The molecule has 18 heavy (non-hydrogen) atoms. The van der Waals surface area contributed by atoms with Crippen LogP contribution in [0, 0.1) is 18.8 Å². The Morgan fingerprint density at radius 1 is 1.39 bits per heavy atom. The monoisotopic (exact) mass is 312 g/mol. The maximum Gasteiger partial charge on any atom is 0.216 e. The second kappa shape index (κ2) is 6.53. The van der Waals surface area contributed by atoms with Gasteiger partial charge in [0.25, 0.3) is 0 Å². The molecule has 100 valence electrons. The van der Waals surface area contributed by atoms with Crippen molar-refractivity contribution < 1.29 is 4.74 Å². The third-order valence-electron chi connectivity index (χ3n) is 3.80. The molecule has 1 aromatic heterocycles. The quantitative estimate of drug-likeness (QED) is 0.928. The fourth-order valence-electron chi connectivity index (χ4n) is 2.68. The van der Waals surface area contributed by atoms with Crippen molar-refractivity contribution in [3.05, 3.63) is 22.3 Å².